The van der Waals surface area contributed by atoms with Gasteiger partial charge in [-0.1, -0.05) is 0 Å². The largest absolute Gasteiger partial charge is 0.467 e. The van der Waals surface area contributed by atoms with Gasteiger partial charge in [0.15, 0.2) is 0 Å². The molecule has 0 radical (unpaired) electrons. The zero-order chi connectivity index (χ0) is 25.5. The summed E-state index contributed by atoms with van der Waals surface area (Å²) in [5.41, 5.74) is 2.20. The van der Waals surface area contributed by atoms with Crippen LogP contribution in [0, 0.1) is 6.92 Å². The van der Waals surface area contributed by atoms with Crippen molar-refractivity contribution < 1.29 is 23.2 Å². The molecule has 4 rings (SSSR count). The Balaban J connectivity index is 1.32. The van der Waals surface area contributed by atoms with Gasteiger partial charge < -0.3 is 24.0 Å². The molecule has 1 fully saturated rings. The first kappa shape index (κ1) is 25.0. The van der Waals surface area contributed by atoms with Crippen molar-refractivity contribution in [1.82, 2.24) is 20.1 Å². The van der Waals surface area contributed by atoms with Crippen LogP contribution in [0.2, 0.25) is 0 Å². The number of nitrogens with one attached hydrogen (secondary N) is 1. The molecule has 9 heteroatoms. The van der Waals surface area contributed by atoms with Crippen molar-refractivity contribution in [2.24, 2.45) is 0 Å². The quantitative estimate of drug-likeness (QED) is 0.485. The molecular formula is C27H30N4O5. The maximum Gasteiger partial charge on any atom is 0.255 e. The molecule has 0 saturated carbocycles. The predicted octanol–water partition coefficient (Wildman–Crippen LogP) is 3.38. The lowest BCUT2D eigenvalue weighted by atomic mass is 9.89. The highest BCUT2D eigenvalue weighted by Gasteiger charge is 2.29. The van der Waals surface area contributed by atoms with E-state index in [1.54, 1.807) is 47.4 Å². The van der Waals surface area contributed by atoms with Crippen molar-refractivity contribution in [2.75, 3.05) is 26.7 Å². The summed E-state index contributed by atoms with van der Waals surface area (Å²) < 4.78 is 10.5. The number of furan rings is 2. The number of rotatable bonds is 8. The fraction of sp³-hybridized carbons (Fsp3) is 0.333. The molecule has 1 aliphatic heterocycles. The Hall–Kier alpha value is -4.14. The van der Waals surface area contributed by atoms with E-state index in [1.165, 1.54) is 12.3 Å². The van der Waals surface area contributed by atoms with Gasteiger partial charge in [0.25, 0.3) is 5.91 Å². The van der Waals surface area contributed by atoms with E-state index in [-0.39, 0.29) is 30.2 Å². The van der Waals surface area contributed by atoms with E-state index < -0.39 is 0 Å². The minimum absolute atomic E-state index is 0.0655. The Bertz CT molecular complexity index is 1210. The second-order valence-electron chi connectivity index (χ2n) is 8.85. The van der Waals surface area contributed by atoms with Gasteiger partial charge in [-0.05, 0) is 62.2 Å². The SMILES string of the molecule is Cc1ccc(C(=O)N(C)Cc2ccco2)c(C2CCN(C(=O)CNC(=O)C=Cc3ccco3)CC2)n1. The van der Waals surface area contributed by atoms with Crippen molar-refractivity contribution in [3.63, 3.8) is 0 Å². The van der Waals surface area contributed by atoms with Gasteiger partial charge in [0.1, 0.15) is 11.5 Å². The fourth-order valence-corrected chi connectivity index (χ4v) is 4.26. The smallest absolute Gasteiger partial charge is 0.255 e. The molecule has 1 aliphatic rings. The molecule has 188 valence electrons. The molecule has 1 saturated heterocycles. The molecular weight excluding hydrogens is 460 g/mol. The number of nitrogens with zero attached hydrogens (tertiary/aromatic N) is 3. The third-order valence-electron chi connectivity index (χ3n) is 6.20. The average molecular weight is 491 g/mol. The van der Waals surface area contributed by atoms with E-state index in [0.717, 1.165) is 11.4 Å². The van der Waals surface area contributed by atoms with Gasteiger partial charge in [-0.2, -0.15) is 0 Å². The van der Waals surface area contributed by atoms with Gasteiger partial charge >= 0.3 is 0 Å². The summed E-state index contributed by atoms with van der Waals surface area (Å²) in [7, 11) is 1.74. The molecule has 3 aromatic rings. The van der Waals surface area contributed by atoms with Crippen LogP contribution >= 0.6 is 0 Å². The molecule has 9 nitrogen and oxygen atoms in total. The minimum atomic E-state index is -0.361. The topological polar surface area (TPSA) is 109 Å². The monoisotopic (exact) mass is 490 g/mol. The Morgan fingerprint density at radius 1 is 1.11 bits per heavy atom. The van der Waals surface area contributed by atoms with Crippen molar-refractivity contribution in [1.29, 1.82) is 0 Å². The van der Waals surface area contributed by atoms with Gasteiger partial charge in [-0.3, -0.25) is 19.4 Å². The van der Waals surface area contributed by atoms with E-state index in [1.807, 2.05) is 25.1 Å². The molecule has 0 aromatic carbocycles. The first-order valence-corrected chi connectivity index (χ1v) is 11.9. The molecule has 0 spiro atoms. The van der Waals surface area contributed by atoms with Crippen LogP contribution < -0.4 is 5.32 Å². The van der Waals surface area contributed by atoms with Crippen LogP contribution in [0.3, 0.4) is 0 Å². The predicted molar refractivity (Wildman–Crippen MR) is 133 cm³/mol. The summed E-state index contributed by atoms with van der Waals surface area (Å²) in [5, 5.41) is 2.62. The summed E-state index contributed by atoms with van der Waals surface area (Å²) in [4.78, 5) is 45.9. The summed E-state index contributed by atoms with van der Waals surface area (Å²) in [5.74, 6) is 0.727. The van der Waals surface area contributed by atoms with Crippen LogP contribution in [0.1, 0.15) is 52.0 Å². The Kier molecular flexibility index (Phi) is 7.99. The van der Waals surface area contributed by atoms with Gasteiger partial charge in [0.05, 0.1) is 36.9 Å². The normalized spacial score (nSPS) is 14.2. The molecule has 4 heterocycles. The van der Waals surface area contributed by atoms with Crippen molar-refractivity contribution in [3.05, 3.63) is 83.5 Å². The highest BCUT2D eigenvalue weighted by atomic mass is 16.3. The van der Waals surface area contributed by atoms with Crippen LogP contribution in [0.15, 0.2) is 63.8 Å². The lowest BCUT2D eigenvalue weighted by molar-refractivity contribution is -0.133. The van der Waals surface area contributed by atoms with Crippen LogP contribution in [0.5, 0.6) is 0 Å². The number of amides is 3. The van der Waals surface area contributed by atoms with E-state index in [9.17, 15) is 14.4 Å². The Morgan fingerprint density at radius 3 is 2.56 bits per heavy atom. The standard InChI is InChI=1S/C27H30N4O5/c1-19-7-9-23(27(34)30(2)18-22-6-4-16-36-22)26(29-19)20-11-13-31(14-12-20)25(33)17-28-24(32)10-8-21-5-3-15-35-21/h3-10,15-16,20H,11-14,17-18H2,1-2H3,(H,28,32). The van der Waals surface area contributed by atoms with Crippen molar-refractivity contribution in [2.45, 2.75) is 32.2 Å². The highest BCUT2D eigenvalue weighted by molar-refractivity contribution is 5.95. The van der Waals surface area contributed by atoms with E-state index in [4.69, 9.17) is 13.8 Å². The van der Waals surface area contributed by atoms with Gasteiger partial charge in [-0.25, -0.2) is 0 Å². The second-order valence-corrected chi connectivity index (χ2v) is 8.85. The number of carbonyl (C=O) groups is 3. The maximum absolute atomic E-state index is 13.2. The lowest BCUT2D eigenvalue weighted by Crippen LogP contribution is -2.43. The number of carbonyl (C=O) groups excluding carboxylic acids is 3. The van der Waals surface area contributed by atoms with Crippen LogP contribution in [-0.2, 0) is 16.1 Å². The van der Waals surface area contributed by atoms with Crippen LogP contribution in [-0.4, -0.2) is 59.2 Å². The minimum Gasteiger partial charge on any atom is -0.467 e. The highest BCUT2D eigenvalue weighted by Crippen LogP contribution is 2.30. The lowest BCUT2D eigenvalue weighted by Gasteiger charge is -2.32. The molecule has 0 bridgehead atoms. The fourth-order valence-electron chi connectivity index (χ4n) is 4.26. The number of hydrogen-bond donors (Lipinski definition) is 1. The number of hydrogen-bond acceptors (Lipinski definition) is 6. The molecule has 36 heavy (non-hydrogen) atoms. The summed E-state index contributed by atoms with van der Waals surface area (Å²) in [6.45, 7) is 3.27. The van der Waals surface area contributed by atoms with E-state index in [2.05, 4.69) is 5.32 Å². The first-order chi connectivity index (χ1) is 17.4. The summed E-state index contributed by atoms with van der Waals surface area (Å²) >= 11 is 0. The summed E-state index contributed by atoms with van der Waals surface area (Å²) in [6, 6.07) is 10.8. The first-order valence-electron chi connectivity index (χ1n) is 11.9. The van der Waals surface area contributed by atoms with Crippen LogP contribution in [0.25, 0.3) is 6.08 Å². The van der Waals surface area contributed by atoms with E-state index >= 15 is 0 Å². The van der Waals surface area contributed by atoms with Gasteiger partial charge in [-0.15, -0.1) is 0 Å². The number of likely N-dealkylation sites (tertiary alicyclic amines) is 1. The number of aromatic nitrogens is 1. The zero-order valence-corrected chi connectivity index (χ0v) is 20.5. The zero-order valence-electron chi connectivity index (χ0n) is 20.5. The van der Waals surface area contributed by atoms with Crippen molar-refractivity contribution >= 4 is 23.8 Å². The van der Waals surface area contributed by atoms with Gasteiger partial charge in [0.2, 0.25) is 11.8 Å². The molecule has 3 amide bonds. The second kappa shape index (κ2) is 11.5. The average Bonchev–Trinajstić information content (AvgIpc) is 3.60. The third-order valence-corrected chi connectivity index (χ3v) is 6.20. The maximum atomic E-state index is 13.2. The molecule has 0 atom stereocenters. The van der Waals surface area contributed by atoms with Gasteiger partial charge in [0, 0.05) is 37.8 Å². The van der Waals surface area contributed by atoms with Crippen molar-refractivity contribution in [3.8, 4) is 0 Å². The summed E-state index contributed by atoms with van der Waals surface area (Å²) in [6.07, 6.45) is 7.38. The molecule has 0 unspecified atom stereocenters. The number of aryl methyl sites for hydroxylation is 1. The number of pyridine rings is 1. The van der Waals surface area contributed by atoms with E-state index in [0.29, 0.717) is 49.6 Å². The van der Waals surface area contributed by atoms with Crippen LogP contribution in [0.4, 0.5) is 0 Å². The Morgan fingerprint density at radius 2 is 1.86 bits per heavy atom. The molecule has 3 aromatic heterocycles. The number of piperidine rings is 1. The molecule has 1 N–H and O–H groups in total. The third kappa shape index (κ3) is 6.29. The molecule has 0 aliphatic carbocycles. The Labute approximate surface area is 209 Å².